The molecule has 0 radical (unpaired) electrons. The molecule has 0 saturated carbocycles. The molecule has 0 spiro atoms. The van der Waals surface area contributed by atoms with Crippen LogP contribution < -0.4 is 10.9 Å². The maximum absolute atomic E-state index is 12.8. The number of carbonyl (C=O) groups excluding carboxylic acids is 1. The lowest BCUT2D eigenvalue weighted by molar-refractivity contribution is 0.102. The minimum atomic E-state index is -0.412. The van der Waals surface area contributed by atoms with Gasteiger partial charge in [0, 0.05) is 17.6 Å². The van der Waals surface area contributed by atoms with Gasteiger partial charge >= 0.3 is 0 Å². The van der Waals surface area contributed by atoms with E-state index in [-0.39, 0.29) is 11.3 Å². The molecule has 0 aliphatic rings. The zero-order valence-corrected chi connectivity index (χ0v) is 15.6. The van der Waals surface area contributed by atoms with E-state index >= 15 is 0 Å². The highest BCUT2D eigenvalue weighted by molar-refractivity contribution is 6.42. The van der Waals surface area contributed by atoms with E-state index in [0.29, 0.717) is 33.0 Å². The highest BCUT2D eigenvalue weighted by atomic mass is 35.5. The SMILES string of the molecule is CCCCn1nc(C(=O)Nc2ccc(Cl)c(Cl)c2)c2ccccc2c1=O. The fraction of sp³-hybridized carbons (Fsp3) is 0.211. The summed E-state index contributed by atoms with van der Waals surface area (Å²) in [5.74, 6) is -0.412. The number of aromatic nitrogens is 2. The molecular formula is C19H17Cl2N3O2. The van der Waals surface area contributed by atoms with Crippen LogP contribution in [0.15, 0.2) is 47.3 Å². The molecule has 7 heteroatoms. The molecule has 5 nitrogen and oxygen atoms in total. The van der Waals surface area contributed by atoms with Crippen molar-refractivity contribution in [1.29, 1.82) is 0 Å². The summed E-state index contributed by atoms with van der Waals surface area (Å²) in [4.78, 5) is 25.4. The fourth-order valence-electron chi connectivity index (χ4n) is 2.63. The van der Waals surface area contributed by atoms with Gasteiger partial charge in [-0.15, -0.1) is 0 Å². The molecule has 134 valence electrons. The van der Waals surface area contributed by atoms with Crippen molar-refractivity contribution < 1.29 is 4.79 Å². The van der Waals surface area contributed by atoms with Gasteiger partial charge in [0.05, 0.1) is 15.4 Å². The number of nitrogens with one attached hydrogen (secondary N) is 1. The third-order valence-electron chi connectivity index (χ3n) is 3.98. The van der Waals surface area contributed by atoms with Gasteiger partial charge in [0.15, 0.2) is 5.69 Å². The molecule has 1 amide bonds. The molecule has 2 aromatic carbocycles. The van der Waals surface area contributed by atoms with E-state index in [4.69, 9.17) is 23.2 Å². The second kappa shape index (κ2) is 7.89. The topological polar surface area (TPSA) is 64.0 Å². The molecule has 1 N–H and O–H groups in total. The van der Waals surface area contributed by atoms with Gasteiger partial charge in [0.2, 0.25) is 0 Å². The van der Waals surface area contributed by atoms with Crippen LogP contribution in [-0.4, -0.2) is 15.7 Å². The summed E-state index contributed by atoms with van der Waals surface area (Å²) in [5, 5.41) is 8.80. The summed E-state index contributed by atoms with van der Waals surface area (Å²) in [6, 6.07) is 11.8. The number of rotatable bonds is 5. The van der Waals surface area contributed by atoms with Gasteiger partial charge in [-0.2, -0.15) is 5.10 Å². The van der Waals surface area contributed by atoms with Crippen molar-refractivity contribution in [2.75, 3.05) is 5.32 Å². The van der Waals surface area contributed by atoms with Gasteiger partial charge in [-0.25, -0.2) is 4.68 Å². The first-order valence-corrected chi connectivity index (χ1v) is 9.03. The number of aryl methyl sites for hydroxylation is 1. The van der Waals surface area contributed by atoms with Gasteiger partial charge in [-0.1, -0.05) is 54.7 Å². The average molecular weight is 390 g/mol. The third-order valence-corrected chi connectivity index (χ3v) is 4.72. The van der Waals surface area contributed by atoms with E-state index in [0.717, 1.165) is 12.8 Å². The van der Waals surface area contributed by atoms with E-state index < -0.39 is 5.91 Å². The van der Waals surface area contributed by atoms with Crippen molar-refractivity contribution in [1.82, 2.24) is 9.78 Å². The summed E-state index contributed by atoms with van der Waals surface area (Å²) in [6.07, 6.45) is 1.73. The van der Waals surface area contributed by atoms with Crippen molar-refractivity contribution in [2.24, 2.45) is 0 Å². The second-order valence-corrected chi connectivity index (χ2v) is 6.67. The lowest BCUT2D eigenvalue weighted by Gasteiger charge is -2.11. The number of nitrogens with zero attached hydrogens (tertiary/aromatic N) is 2. The molecule has 0 aliphatic carbocycles. The van der Waals surface area contributed by atoms with Crippen LogP contribution in [0.4, 0.5) is 5.69 Å². The summed E-state index contributed by atoms with van der Waals surface area (Å²) in [7, 11) is 0. The number of hydrogen-bond donors (Lipinski definition) is 1. The maximum Gasteiger partial charge on any atom is 0.276 e. The molecule has 0 bridgehead atoms. The first kappa shape index (κ1) is 18.4. The first-order chi connectivity index (χ1) is 12.5. The minimum Gasteiger partial charge on any atom is -0.321 e. The normalized spacial score (nSPS) is 10.9. The molecule has 3 rings (SSSR count). The van der Waals surface area contributed by atoms with Crippen molar-refractivity contribution >= 4 is 45.6 Å². The number of halogens is 2. The van der Waals surface area contributed by atoms with Gasteiger partial charge in [-0.05, 0) is 30.7 Å². The van der Waals surface area contributed by atoms with Gasteiger partial charge in [-0.3, -0.25) is 9.59 Å². The predicted molar refractivity (Wildman–Crippen MR) is 105 cm³/mol. The first-order valence-electron chi connectivity index (χ1n) is 8.27. The van der Waals surface area contributed by atoms with Crippen LogP contribution in [0.25, 0.3) is 10.8 Å². The fourth-order valence-corrected chi connectivity index (χ4v) is 2.92. The zero-order valence-electron chi connectivity index (χ0n) is 14.1. The molecular weight excluding hydrogens is 373 g/mol. The predicted octanol–water partition coefficient (Wildman–Crippen LogP) is 4.76. The quantitative estimate of drug-likeness (QED) is 0.684. The third kappa shape index (κ3) is 3.74. The summed E-state index contributed by atoms with van der Waals surface area (Å²) >= 11 is 11.9. The van der Waals surface area contributed by atoms with E-state index in [9.17, 15) is 9.59 Å². The molecule has 0 saturated heterocycles. The Balaban J connectivity index is 2.04. The van der Waals surface area contributed by atoms with Crippen LogP contribution >= 0.6 is 23.2 Å². The van der Waals surface area contributed by atoms with Crippen molar-refractivity contribution in [3.05, 3.63) is 68.6 Å². The van der Waals surface area contributed by atoms with Gasteiger partial charge in [0.1, 0.15) is 0 Å². The molecule has 3 aromatic rings. The Morgan fingerprint density at radius 1 is 1.12 bits per heavy atom. The molecule has 1 aromatic heterocycles. The lowest BCUT2D eigenvalue weighted by Crippen LogP contribution is -2.27. The van der Waals surface area contributed by atoms with Crippen LogP contribution in [0, 0.1) is 0 Å². The zero-order chi connectivity index (χ0) is 18.7. The number of carbonyl (C=O) groups is 1. The van der Waals surface area contributed by atoms with E-state index in [1.165, 1.54) is 4.68 Å². The van der Waals surface area contributed by atoms with Gasteiger partial charge < -0.3 is 5.32 Å². The Morgan fingerprint density at radius 2 is 1.85 bits per heavy atom. The van der Waals surface area contributed by atoms with Crippen molar-refractivity contribution in [3.63, 3.8) is 0 Å². The molecule has 26 heavy (non-hydrogen) atoms. The highest BCUT2D eigenvalue weighted by Crippen LogP contribution is 2.25. The minimum absolute atomic E-state index is 0.194. The molecule has 1 heterocycles. The van der Waals surface area contributed by atoms with Crippen LogP contribution in [0.5, 0.6) is 0 Å². The van der Waals surface area contributed by atoms with Crippen molar-refractivity contribution in [3.8, 4) is 0 Å². The summed E-state index contributed by atoms with van der Waals surface area (Å²) in [5.41, 5.74) is 0.504. The largest absolute Gasteiger partial charge is 0.321 e. The molecule has 0 atom stereocenters. The highest BCUT2D eigenvalue weighted by Gasteiger charge is 2.17. The Labute approximate surface area is 160 Å². The number of benzene rings is 2. The van der Waals surface area contributed by atoms with Crippen molar-refractivity contribution in [2.45, 2.75) is 26.3 Å². The number of hydrogen-bond acceptors (Lipinski definition) is 3. The molecule has 0 aliphatic heterocycles. The van der Waals surface area contributed by atoms with Crippen LogP contribution in [0.2, 0.25) is 10.0 Å². The van der Waals surface area contributed by atoms with Crippen LogP contribution in [0.3, 0.4) is 0 Å². The Hall–Kier alpha value is -2.37. The Morgan fingerprint density at radius 3 is 2.54 bits per heavy atom. The van der Waals surface area contributed by atoms with E-state index in [1.54, 1.807) is 42.5 Å². The monoisotopic (exact) mass is 389 g/mol. The van der Waals surface area contributed by atoms with E-state index in [1.807, 2.05) is 6.92 Å². The average Bonchev–Trinajstić information content (AvgIpc) is 2.64. The Bertz CT molecular complexity index is 1030. The number of fused-ring (bicyclic) bond motifs is 1. The maximum atomic E-state index is 12.8. The molecule has 0 unspecified atom stereocenters. The lowest BCUT2D eigenvalue weighted by atomic mass is 10.1. The summed E-state index contributed by atoms with van der Waals surface area (Å²) in [6.45, 7) is 2.50. The second-order valence-electron chi connectivity index (χ2n) is 5.86. The van der Waals surface area contributed by atoms with Crippen LogP contribution in [0.1, 0.15) is 30.3 Å². The summed E-state index contributed by atoms with van der Waals surface area (Å²) < 4.78 is 1.36. The Kier molecular flexibility index (Phi) is 5.59. The van der Waals surface area contributed by atoms with Gasteiger partial charge in [0.25, 0.3) is 11.5 Å². The van der Waals surface area contributed by atoms with Crippen LogP contribution in [-0.2, 0) is 6.54 Å². The standard InChI is InChI=1S/C19H17Cl2N3O2/c1-2-3-10-24-19(26)14-7-5-4-6-13(14)17(23-24)18(25)22-12-8-9-15(20)16(21)11-12/h4-9,11H,2-3,10H2,1H3,(H,22,25). The number of amides is 1. The number of unbranched alkanes of at least 4 members (excludes halogenated alkanes) is 1. The molecule has 0 fully saturated rings. The number of anilines is 1. The van der Waals surface area contributed by atoms with E-state index in [2.05, 4.69) is 10.4 Å². The smallest absolute Gasteiger partial charge is 0.276 e.